The van der Waals surface area contributed by atoms with Crippen LogP contribution in [0.4, 0.5) is 0 Å². The molecule has 0 bridgehead atoms. The van der Waals surface area contributed by atoms with Crippen molar-refractivity contribution in [3.8, 4) is 0 Å². The standard InChI is InChI=1S/C9H17NO4S/c10-8-4-6-15(13,14)5-3-7(8)1-2-9(11)12/h7-8H,1-6,10H2,(H,11,12). The predicted molar refractivity (Wildman–Crippen MR) is 56.2 cm³/mol. The Kier molecular flexibility index (Phi) is 4.10. The van der Waals surface area contributed by atoms with Gasteiger partial charge in [-0.3, -0.25) is 4.79 Å². The number of hydrogen-bond acceptors (Lipinski definition) is 4. The third-order valence-corrected chi connectivity index (χ3v) is 4.61. The van der Waals surface area contributed by atoms with Gasteiger partial charge in [0.2, 0.25) is 0 Å². The first-order valence-corrected chi connectivity index (χ1v) is 6.90. The first kappa shape index (κ1) is 12.4. The van der Waals surface area contributed by atoms with Gasteiger partial charge in [0, 0.05) is 12.5 Å². The second kappa shape index (κ2) is 4.94. The molecular formula is C9H17NO4S. The quantitative estimate of drug-likeness (QED) is 0.717. The van der Waals surface area contributed by atoms with Crippen LogP contribution in [0.2, 0.25) is 0 Å². The largest absolute Gasteiger partial charge is 0.481 e. The van der Waals surface area contributed by atoms with E-state index in [0.717, 1.165) is 0 Å². The van der Waals surface area contributed by atoms with Gasteiger partial charge < -0.3 is 10.8 Å². The number of aliphatic carboxylic acids is 1. The fourth-order valence-corrected chi connectivity index (χ4v) is 3.36. The molecule has 0 radical (unpaired) electrons. The van der Waals surface area contributed by atoms with E-state index >= 15 is 0 Å². The van der Waals surface area contributed by atoms with Crippen LogP contribution in [0.3, 0.4) is 0 Å². The van der Waals surface area contributed by atoms with E-state index in [1.54, 1.807) is 0 Å². The maximum absolute atomic E-state index is 11.3. The highest BCUT2D eigenvalue weighted by atomic mass is 32.2. The van der Waals surface area contributed by atoms with Crippen LogP contribution in [-0.2, 0) is 14.6 Å². The van der Waals surface area contributed by atoms with Crippen molar-refractivity contribution in [2.45, 2.75) is 31.7 Å². The summed E-state index contributed by atoms with van der Waals surface area (Å²) >= 11 is 0. The minimum atomic E-state index is -2.95. The van der Waals surface area contributed by atoms with Crippen molar-refractivity contribution in [1.82, 2.24) is 0 Å². The van der Waals surface area contributed by atoms with Crippen molar-refractivity contribution < 1.29 is 18.3 Å². The second-order valence-corrected chi connectivity index (χ2v) is 6.39. The molecule has 6 heteroatoms. The zero-order valence-corrected chi connectivity index (χ0v) is 9.37. The van der Waals surface area contributed by atoms with E-state index in [-0.39, 0.29) is 29.9 Å². The van der Waals surface area contributed by atoms with Gasteiger partial charge in [0.1, 0.15) is 9.84 Å². The number of carbonyl (C=O) groups is 1. The van der Waals surface area contributed by atoms with Gasteiger partial charge in [-0.25, -0.2) is 8.42 Å². The predicted octanol–water partition coefficient (Wildman–Crippen LogP) is 0.00330. The Bertz CT molecular complexity index is 325. The molecule has 1 saturated heterocycles. The Hall–Kier alpha value is -0.620. The number of hydrogen-bond donors (Lipinski definition) is 2. The van der Waals surface area contributed by atoms with Crippen LogP contribution < -0.4 is 5.73 Å². The molecule has 5 nitrogen and oxygen atoms in total. The molecule has 2 unspecified atom stereocenters. The van der Waals surface area contributed by atoms with Gasteiger partial charge in [0.05, 0.1) is 11.5 Å². The monoisotopic (exact) mass is 235 g/mol. The molecule has 1 rings (SSSR count). The molecule has 0 aliphatic carbocycles. The van der Waals surface area contributed by atoms with Gasteiger partial charge in [-0.15, -0.1) is 0 Å². The number of nitrogens with two attached hydrogens (primary N) is 1. The highest BCUT2D eigenvalue weighted by Crippen LogP contribution is 2.22. The van der Waals surface area contributed by atoms with Crippen LogP contribution in [0.15, 0.2) is 0 Å². The van der Waals surface area contributed by atoms with E-state index in [4.69, 9.17) is 10.8 Å². The summed E-state index contributed by atoms with van der Waals surface area (Å²) in [5.41, 5.74) is 5.83. The molecule has 3 N–H and O–H groups in total. The van der Waals surface area contributed by atoms with Crippen molar-refractivity contribution in [2.24, 2.45) is 11.7 Å². The van der Waals surface area contributed by atoms with Gasteiger partial charge in [-0.05, 0) is 25.2 Å². The smallest absolute Gasteiger partial charge is 0.303 e. The van der Waals surface area contributed by atoms with Crippen LogP contribution in [0.5, 0.6) is 0 Å². The molecule has 1 aliphatic rings. The van der Waals surface area contributed by atoms with Gasteiger partial charge in [-0.2, -0.15) is 0 Å². The molecule has 88 valence electrons. The lowest BCUT2D eigenvalue weighted by Gasteiger charge is -2.19. The molecule has 0 aromatic carbocycles. The van der Waals surface area contributed by atoms with Gasteiger partial charge in [0.15, 0.2) is 0 Å². The minimum Gasteiger partial charge on any atom is -0.481 e. The van der Waals surface area contributed by atoms with Crippen molar-refractivity contribution >= 4 is 15.8 Å². The fraction of sp³-hybridized carbons (Fsp3) is 0.889. The van der Waals surface area contributed by atoms with Gasteiger partial charge in [0.25, 0.3) is 0 Å². The van der Waals surface area contributed by atoms with Crippen LogP contribution >= 0.6 is 0 Å². The Morgan fingerprint density at radius 1 is 1.33 bits per heavy atom. The molecule has 1 heterocycles. The molecule has 2 atom stereocenters. The average molecular weight is 235 g/mol. The van der Waals surface area contributed by atoms with Gasteiger partial charge >= 0.3 is 5.97 Å². The lowest BCUT2D eigenvalue weighted by atomic mass is 9.91. The van der Waals surface area contributed by atoms with Gasteiger partial charge in [-0.1, -0.05) is 0 Å². The van der Waals surface area contributed by atoms with E-state index < -0.39 is 15.8 Å². The van der Waals surface area contributed by atoms with Crippen molar-refractivity contribution in [2.75, 3.05) is 11.5 Å². The Morgan fingerprint density at radius 2 is 1.93 bits per heavy atom. The summed E-state index contributed by atoms with van der Waals surface area (Å²) in [6, 6.07) is -0.179. The van der Waals surface area contributed by atoms with E-state index in [9.17, 15) is 13.2 Å². The SMILES string of the molecule is NC1CCS(=O)(=O)CCC1CCC(=O)O. The maximum Gasteiger partial charge on any atom is 0.303 e. The summed E-state index contributed by atoms with van der Waals surface area (Å²) in [5.74, 6) is -0.546. The summed E-state index contributed by atoms with van der Waals surface area (Å²) in [7, 11) is -2.95. The van der Waals surface area contributed by atoms with Crippen molar-refractivity contribution in [3.05, 3.63) is 0 Å². The summed E-state index contributed by atoms with van der Waals surface area (Å²) in [6.45, 7) is 0. The summed E-state index contributed by atoms with van der Waals surface area (Å²) < 4.78 is 22.7. The molecule has 1 aliphatic heterocycles. The molecule has 0 aromatic rings. The summed E-state index contributed by atoms with van der Waals surface area (Å²) in [5, 5.41) is 8.54. The Labute approximate surface area is 89.6 Å². The summed E-state index contributed by atoms with van der Waals surface area (Å²) in [6.07, 6.45) is 1.49. The van der Waals surface area contributed by atoms with Crippen molar-refractivity contribution in [1.29, 1.82) is 0 Å². The first-order chi connectivity index (χ1) is 6.91. The number of rotatable bonds is 3. The van der Waals surface area contributed by atoms with Crippen LogP contribution in [0.1, 0.15) is 25.7 Å². The minimum absolute atomic E-state index is 0.0263. The lowest BCUT2D eigenvalue weighted by Crippen LogP contribution is -2.30. The molecular weight excluding hydrogens is 218 g/mol. The first-order valence-electron chi connectivity index (χ1n) is 5.08. The fourth-order valence-electron chi connectivity index (χ4n) is 1.87. The third-order valence-electron chi connectivity index (χ3n) is 2.90. The normalized spacial score (nSPS) is 30.7. The Balaban J connectivity index is 2.54. The molecule has 0 aromatic heterocycles. The van der Waals surface area contributed by atoms with Crippen LogP contribution in [0.25, 0.3) is 0 Å². The van der Waals surface area contributed by atoms with Crippen LogP contribution in [-0.4, -0.2) is 37.0 Å². The van der Waals surface area contributed by atoms with E-state index in [1.807, 2.05) is 0 Å². The van der Waals surface area contributed by atoms with E-state index in [0.29, 0.717) is 19.3 Å². The molecule has 0 spiro atoms. The number of carboxylic acids is 1. The topological polar surface area (TPSA) is 97.5 Å². The molecule has 0 saturated carbocycles. The molecule has 0 amide bonds. The van der Waals surface area contributed by atoms with E-state index in [1.165, 1.54) is 0 Å². The number of sulfone groups is 1. The lowest BCUT2D eigenvalue weighted by molar-refractivity contribution is -0.137. The molecule has 1 fully saturated rings. The summed E-state index contributed by atoms with van der Waals surface area (Å²) in [4.78, 5) is 10.4. The maximum atomic E-state index is 11.3. The zero-order chi connectivity index (χ0) is 11.5. The highest BCUT2D eigenvalue weighted by Gasteiger charge is 2.26. The second-order valence-electron chi connectivity index (χ2n) is 4.09. The van der Waals surface area contributed by atoms with Crippen LogP contribution in [0, 0.1) is 5.92 Å². The van der Waals surface area contributed by atoms with E-state index in [2.05, 4.69) is 0 Å². The number of carboxylic acid groups (broad SMARTS) is 1. The highest BCUT2D eigenvalue weighted by molar-refractivity contribution is 7.91. The third kappa shape index (κ3) is 4.17. The van der Waals surface area contributed by atoms with Crippen molar-refractivity contribution in [3.63, 3.8) is 0 Å². The Morgan fingerprint density at radius 3 is 2.53 bits per heavy atom. The zero-order valence-electron chi connectivity index (χ0n) is 8.55. The average Bonchev–Trinajstić information content (AvgIpc) is 2.25. The molecule has 15 heavy (non-hydrogen) atoms.